The van der Waals surface area contributed by atoms with Gasteiger partial charge in [-0.15, -0.1) is 10.2 Å². The van der Waals surface area contributed by atoms with Crippen LogP contribution in [0.25, 0.3) is 10.6 Å². The summed E-state index contributed by atoms with van der Waals surface area (Å²) in [6.07, 6.45) is 1.99. The van der Waals surface area contributed by atoms with Gasteiger partial charge in [0.25, 0.3) is 0 Å². The lowest BCUT2D eigenvalue weighted by Gasteiger charge is -2.20. The van der Waals surface area contributed by atoms with Gasteiger partial charge in [0.2, 0.25) is 0 Å². The van der Waals surface area contributed by atoms with Gasteiger partial charge in [-0.05, 0) is 55.7 Å². The van der Waals surface area contributed by atoms with Crippen LogP contribution in [-0.4, -0.2) is 22.3 Å². The van der Waals surface area contributed by atoms with Crippen LogP contribution in [-0.2, 0) is 6.42 Å². The minimum absolute atomic E-state index is 0.163. The molecule has 1 aromatic heterocycles. The molecule has 0 spiro atoms. The molecule has 0 fully saturated rings. The highest BCUT2D eigenvalue weighted by atomic mass is 79.9. The second-order valence-electron chi connectivity index (χ2n) is 5.88. The predicted molar refractivity (Wildman–Crippen MR) is 94.1 cm³/mol. The van der Waals surface area contributed by atoms with Gasteiger partial charge in [-0.25, -0.2) is 0 Å². The SMILES string of the molecule is CC(C)(C)NCCCc1nnc(-c2cccc(Br)c2Cl)s1. The van der Waals surface area contributed by atoms with E-state index in [2.05, 4.69) is 52.2 Å². The molecule has 6 heteroatoms. The first-order chi connectivity index (χ1) is 9.87. The van der Waals surface area contributed by atoms with Crippen LogP contribution in [0.4, 0.5) is 0 Å². The number of aryl methyl sites for hydroxylation is 1. The van der Waals surface area contributed by atoms with E-state index in [4.69, 9.17) is 11.6 Å². The highest BCUT2D eigenvalue weighted by Gasteiger charge is 2.12. The monoisotopic (exact) mass is 387 g/mol. The molecule has 0 radical (unpaired) electrons. The molecule has 2 rings (SSSR count). The first-order valence-corrected chi connectivity index (χ1v) is 8.87. The summed E-state index contributed by atoms with van der Waals surface area (Å²) in [5.41, 5.74) is 1.10. The molecule has 21 heavy (non-hydrogen) atoms. The molecular formula is C15H19BrClN3S. The van der Waals surface area contributed by atoms with Crippen LogP contribution in [0.5, 0.6) is 0 Å². The Morgan fingerprint density at radius 2 is 2.05 bits per heavy atom. The molecule has 0 bridgehead atoms. The summed E-state index contributed by atoms with van der Waals surface area (Å²) in [4.78, 5) is 0. The predicted octanol–water partition coefficient (Wildman–Crippen LogP) is 4.94. The lowest BCUT2D eigenvalue weighted by molar-refractivity contribution is 0.422. The first-order valence-electron chi connectivity index (χ1n) is 6.88. The van der Waals surface area contributed by atoms with E-state index in [0.717, 1.165) is 39.4 Å². The van der Waals surface area contributed by atoms with E-state index in [0.29, 0.717) is 5.02 Å². The van der Waals surface area contributed by atoms with Crippen LogP contribution in [0.1, 0.15) is 32.2 Å². The van der Waals surface area contributed by atoms with Crippen molar-refractivity contribution in [2.24, 2.45) is 0 Å². The number of nitrogens with one attached hydrogen (secondary N) is 1. The number of nitrogens with zero attached hydrogens (tertiary/aromatic N) is 2. The molecule has 0 saturated carbocycles. The number of halogens is 2. The van der Waals surface area contributed by atoms with E-state index < -0.39 is 0 Å². The van der Waals surface area contributed by atoms with Crippen LogP contribution in [0, 0.1) is 0 Å². The Hall–Kier alpha value is -0.490. The van der Waals surface area contributed by atoms with Gasteiger partial charge in [-0.2, -0.15) is 0 Å². The molecule has 0 amide bonds. The molecule has 0 aliphatic heterocycles. The largest absolute Gasteiger partial charge is 0.312 e. The summed E-state index contributed by atoms with van der Waals surface area (Å²) in [6, 6.07) is 5.85. The molecule has 0 aliphatic carbocycles. The van der Waals surface area contributed by atoms with Crippen LogP contribution in [0.2, 0.25) is 5.02 Å². The van der Waals surface area contributed by atoms with Gasteiger partial charge in [0.05, 0.1) is 5.02 Å². The third kappa shape index (κ3) is 5.02. The fraction of sp³-hybridized carbons (Fsp3) is 0.467. The average molecular weight is 389 g/mol. The molecule has 114 valence electrons. The van der Waals surface area contributed by atoms with E-state index in [-0.39, 0.29) is 5.54 Å². The maximum atomic E-state index is 6.30. The van der Waals surface area contributed by atoms with Crippen molar-refractivity contribution in [3.05, 3.63) is 32.7 Å². The Morgan fingerprint density at radius 1 is 1.29 bits per heavy atom. The van der Waals surface area contributed by atoms with E-state index in [1.54, 1.807) is 11.3 Å². The Bertz CT molecular complexity index is 607. The van der Waals surface area contributed by atoms with Crippen LogP contribution < -0.4 is 5.32 Å². The normalized spacial score (nSPS) is 11.9. The van der Waals surface area contributed by atoms with Crippen molar-refractivity contribution in [1.82, 2.24) is 15.5 Å². The zero-order valence-corrected chi connectivity index (χ0v) is 15.6. The zero-order valence-electron chi connectivity index (χ0n) is 12.4. The lowest BCUT2D eigenvalue weighted by Crippen LogP contribution is -2.36. The topological polar surface area (TPSA) is 37.8 Å². The second kappa shape index (κ2) is 7.18. The smallest absolute Gasteiger partial charge is 0.149 e. The molecule has 0 aliphatic rings. The van der Waals surface area contributed by atoms with Gasteiger partial charge in [0.1, 0.15) is 10.0 Å². The highest BCUT2D eigenvalue weighted by molar-refractivity contribution is 9.10. The van der Waals surface area contributed by atoms with Gasteiger partial charge < -0.3 is 5.32 Å². The van der Waals surface area contributed by atoms with Gasteiger partial charge in [0.15, 0.2) is 0 Å². The van der Waals surface area contributed by atoms with Crippen molar-refractivity contribution < 1.29 is 0 Å². The Kier molecular flexibility index (Phi) is 5.77. The minimum atomic E-state index is 0.163. The fourth-order valence-corrected chi connectivity index (χ4v) is 3.39. The number of benzene rings is 1. The average Bonchev–Trinajstić information content (AvgIpc) is 2.85. The number of hydrogen-bond donors (Lipinski definition) is 1. The molecule has 2 aromatic rings. The van der Waals surface area contributed by atoms with Crippen molar-refractivity contribution in [2.45, 2.75) is 39.2 Å². The van der Waals surface area contributed by atoms with Gasteiger partial charge in [-0.3, -0.25) is 0 Å². The summed E-state index contributed by atoms with van der Waals surface area (Å²) in [6.45, 7) is 7.50. The standard InChI is InChI=1S/C15H19BrClN3S/c1-15(2,3)18-9-5-8-12-19-20-14(21-12)10-6-4-7-11(16)13(10)17/h4,6-7,18H,5,8-9H2,1-3H3. The number of aromatic nitrogens is 2. The van der Waals surface area contributed by atoms with E-state index in [1.165, 1.54) is 0 Å². The fourth-order valence-electron chi connectivity index (χ4n) is 1.84. The highest BCUT2D eigenvalue weighted by Crippen LogP contribution is 2.35. The summed E-state index contributed by atoms with van der Waals surface area (Å²) in [5, 5.41) is 14.6. The van der Waals surface area contributed by atoms with E-state index in [9.17, 15) is 0 Å². The maximum absolute atomic E-state index is 6.30. The Balaban J connectivity index is 1.97. The zero-order chi connectivity index (χ0) is 15.5. The summed E-state index contributed by atoms with van der Waals surface area (Å²) < 4.78 is 0.882. The number of rotatable bonds is 5. The van der Waals surface area contributed by atoms with E-state index >= 15 is 0 Å². The third-order valence-electron chi connectivity index (χ3n) is 2.87. The summed E-state index contributed by atoms with van der Waals surface area (Å²) >= 11 is 11.3. The van der Waals surface area contributed by atoms with Crippen molar-refractivity contribution in [3.8, 4) is 10.6 Å². The van der Waals surface area contributed by atoms with Crippen molar-refractivity contribution in [2.75, 3.05) is 6.54 Å². The summed E-state index contributed by atoms with van der Waals surface area (Å²) in [5.74, 6) is 0. The van der Waals surface area contributed by atoms with Crippen LogP contribution in [0.15, 0.2) is 22.7 Å². The van der Waals surface area contributed by atoms with Crippen molar-refractivity contribution >= 4 is 38.9 Å². The van der Waals surface area contributed by atoms with Gasteiger partial charge in [0, 0.05) is 22.0 Å². The molecule has 0 atom stereocenters. The molecule has 1 heterocycles. The Labute approximate surface area is 143 Å². The van der Waals surface area contributed by atoms with Gasteiger partial charge >= 0.3 is 0 Å². The van der Waals surface area contributed by atoms with Crippen LogP contribution in [0.3, 0.4) is 0 Å². The minimum Gasteiger partial charge on any atom is -0.312 e. The number of hydrogen-bond acceptors (Lipinski definition) is 4. The molecule has 3 nitrogen and oxygen atoms in total. The lowest BCUT2D eigenvalue weighted by atomic mass is 10.1. The van der Waals surface area contributed by atoms with Crippen LogP contribution >= 0.6 is 38.9 Å². The molecule has 1 aromatic carbocycles. The van der Waals surface area contributed by atoms with E-state index in [1.807, 2.05) is 18.2 Å². The van der Waals surface area contributed by atoms with Crippen molar-refractivity contribution in [1.29, 1.82) is 0 Å². The third-order valence-corrected chi connectivity index (χ3v) is 5.18. The summed E-state index contributed by atoms with van der Waals surface area (Å²) in [7, 11) is 0. The molecule has 0 unspecified atom stereocenters. The second-order valence-corrected chi connectivity index (χ2v) is 8.18. The molecule has 1 N–H and O–H groups in total. The first kappa shape index (κ1) is 16.9. The molecule has 0 saturated heterocycles. The quantitative estimate of drug-likeness (QED) is 0.737. The van der Waals surface area contributed by atoms with Gasteiger partial charge in [-0.1, -0.05) is 35.1 Å². The molecular weight excluding hydrogens is 370 g/mol. The van der Waals surface area contributed by atoms with Crippen molar-refractivity contribution in [3.63, 3.8) is 0 Å². The maximum Gasteiger partial charge on any atom is 0.149 e. The Morgan fingerprint density at radius 3 is 2.76 bits per heavy atom.